The maximum Gasteiger partial charge on any atom is 0.282 e. The van der Waals surface area contributed by atoms with Crippen molar-refractivity contribution in [2.75, 3.05) is 10.6 Å². The van der Waals surface area contributed by atoms with Crippen LogP contribution in [0.25, 0.3) is 0 Å². The molecule has 7 nitrogen and oxygen atoms in total. The van der Waals surface area contributed by atoms with Crippen LogP contribution < -0.4 is 10.6 Å². The van der Waals surface area contributed by atoms with Gasteiger partial charge in [-0.05, 0) is 54.6 Å². The summed E-state index contributed by atoms with van der Waals surface area (Å²) >= 11 is 0. The summed E-state index contributed by atoms with van der Waals surface area (Å²) in [4.78, 5) is 24.0. The quantitative estimate of drug-likeness (QED) is 0.591. The molecular weight excluding hydrogens is 445 g/mol. The molecule has 0 spiro atoms. The Balaban J connectivity index is 1.72. The highest BCUT2D eigenvalue weighted by molar-refractivity contribution is 7.90. The SMILES string of the molecule is CC(=O)Nc1ccc(NC2=CC(=NS(=O)(=O)c3ccc(F)cc3)c3ccccc3C2=O)cc1. The maximum absolute atomic E-state index is 13.2. The van der Waals surface area contributed by atoms with Crippen LogP contribution in [0.5, 0.6) is 0 Å². The number of fused-ring (bicyclic) bond motifs is 1. The zero-order chi connectivity index (χ0) is 23.6. The maximum atomic E-state index is 13.2. The van der Waals surface area contributed by atoms with Crippen LogP contribution in [0.4, 0.5) is 15.8 Å². The number of sulfonamides is 1. The Hall–Kier alpha value is -4.11. The smallest absolute Gasteiger partial charge is 0.282 e. The summed E-state index contributed by atoms with van der Waals surface area (Å²) in [6.07, 6.45) is 1.37. The van der Waals surface area contributed by atoms with Gasteiger partial charge < -0.3 is 10.6 Å². The second-order valence-corrected chi connectivity index (χ2v) is 8.83. The van der Waals surface area contributed by atoms with E-state index in [0.717, 1.165) is 24.3 Å². The number of nitrogens with one attached hydrogen (secondary N) is 2. The summed E-state index contributed by atoms with van der Waals surface area (Å²) < 4.78 is 42.8. The number of ketones is 1. The van der Waals surface area contributed by atoms with Crippen molar-refractivity contribution in [1.29, 1.82) is 0 Å². The van der Waals surface area contributed by atoms with Crippen LogP contribution in [0.2, 0.25) is 0 Å². The highest BCUT2D eigenvalue weighted by Crippen LogP contribution is 2.25. The van der Waals surface area contributed by atoms with E-state index in [4.69, 9.17) is 0 Å². The molecule has 1 amide bonds. The minimum absolute atomic E-state index is 0.0758. The first-order valence-electron chi connectivity index (χ1n) is 9.84. The van der Waals surface area contributed by atoms with E-state index >= 15 is 0 Å². The number of hydrogen-bond acceptors (Lipinski definition) is 5. The average molecular weight is 463 g/mol. The molecular formula is C24H18FN3O4S. The Labute approximate surface area is 189 Å². The summed E-state index contributed by atoms with van der Waals surface area (Å²) in [5.41, 5.74) is 2.03. The molecule has 33 heavy (non-hydrogen) atoms. The van der Waals surface area contributed by atoms with Crippen LogP contribution >= 0.6 is 0 Å². The first kappa shape index (κ1) is 22.1. The number of rotatable bonds is 5. The standard InChI is InChI=1S/C24H18FN3O4S/c1-15(29)26-17-8-10-18(11-9-17)27-23-14-22(20-4-2-3-5-21(20)24(23)30)28-33(31,32)19-12-6-16(25)7-13-19/h2-14,27H,1H3,(H,26,29). The molecule has 0 fully saturated rings. The summed E-state index contributed by atoms with van der Waals surface area (Å²) in [5.74, 6) is -1.10. The van der Waals surface area contributed by atoms with Gasteiger partial charge in [0.1, 0.15) is 5.82 Å². The number of benzene rings is 3. The molecule has 9 heteroatoms. The molecule has 0 radical (unpaired) electrons. The molecule has 166 valence electrons. The Morgan fingerprint density at radius 3 is 2.12 bits per heavy atom. The Bertz CT molecular complexity index is 1410. The summed E-state index contributed by atoms with van der Waals surface area (Å²) in [7, 11) is -4.15. The number of Topliss-reactive ketones (excluding diaryl/α,β-unsaturated/α-hetero) is 1. The van der Waals surface area contributed by atoms with Gasteiger partial charge in [-0.15, -0.1) is 0 Å². The number of hydrogen-bond donors (Lipinski definition) is 2. The monoisotopic (exact) mass is 463 g/mol. The van der Waals surface area contributed by atoms with Gasteiger partial charge in [0, 0.05) is 29.4 Å². The number of allylic oxidation sites excluding steroid dienone is 2. The van der Waals surface area contributed by atoms with Crippen LogP contribution in [0.3, 0.4) is 0 Å². The fourth-order valence-corrected chi connectivity index (χ4v) is 4.28. The zero-order valence-electron chi connectivity index (χ0n) is 17.4. The first-order chi connectivity index (χ1) is 15.7. The van der Waals surface area contributed by atoms with E-state index in [1.54, 1.807) is 48.5 Å². The van der Waals surface area contributed by atoms with Gasteiger partial charge in [0.05, 0.1) is 16.3 Å². The third kappa shape index (κ3) is 4.88. The molecule has 0 aromatic heterocycles. The molecule has 0 unspecified atom stereocenters. The molecule has 1 aliphatic carbocycles. The van der Waals surface area contributed by atoms with E-state index in [2.05, 4.69) is 15.0 Å². The van der Waals surface area contributed by atoms with Crippen molar-refractivity contribution in [1.82, 2.24) is 0 Å². The fourth-order valence-electron chi connectivity index (χ4n) is 3.28. The molecule has 1 aliphatic rings. The third-order valence-corrected chi connectivity index (χ3v) is 6.09. The van der Waals surface area contributed by atoms with Gasteiger partial charge in [-0.3, -0.25) is 9.59 Å². The van der Waals surface area contributed by atoms with E-state index in [0.29, 0.717) is 22.5 Å². The zero-order valence-corrected chi connectivity index (χ0v) is 18.2. The van der Waals surface area contributed by atoms with Crippen molar-refractivity contribution in [2.24, 2.45) is 4.40 Å². The molecule has 0 saturated heterocycles. The normalized spacial score (nSPS) is 14.4. The number of anilines is 2. The molecule has 3 aromatic rings. The number of nitrogens with zero attached hydrogens (tertiary/aromatic N) is 1. The molecule has 0 bridgehead atoms. The minimum Gasteiger partial charge on any atom is -0.352 e. The van der Waals surface area contributed by atoms with Gasteiger partial charge in [-0.1, -0.05) is 24.3 Å². The van der Waals surface area contributed by atoms with Crippen LogP contribution in [-0.4, -0.2) is 25.8 Å². The van der Waals surface area contributed by atoms with E-state index in [9.17, 15) is 22.4 Å². The minimum atomic E-state index is -4.15. The average Bonchev–Trinajstić information content (AvgIpc) is 2.78. The predicted molar refractivity (Wildman–Crippen MR) is 123 cm³/mol. The Morgan fingerprint density at radius 1 is 0.879 bits per heavy atom. The molecule has 0 aliphatic heterocycles. The highest BCUT2D eigenvalue weighted by Gasteiger charge is 2.26. The molecule has 0 atom stereocenters. The van der Waals surface area contributed by atoms with E-state index in [-0.39, 0.29) is 28.0 Å². The van der Waals surface area contributed by atoms with Crippen LogP contribution in [-0.2, 0) is 14.8 Å². The topological polar surface area (TPSA) is 105 Å². The number of carbonyl (C=O) groups is 2. The summed E-state index contributed by atoms with van der Waals surface area (Å²) in [5, 5.41) is 5.64. The fraction of sp³-hybridized carbons (Fsp3) is 0.0417. The van der Waals surface area contributed by atoms with Crippen LogP contribution in [0.1, 0.15) is 22.8 Å². The van der Waals surface area contributed by atoms with Crippen molar-refractivity contribution < 1.29 is 22.4 Å². The van der Waals surface area contributed by atoms with Gasteiger partial charge in [0.15, 0.2) is 0 Å². The molecule has 0 saturated carbocycles. The van der Waals surface area contributed by atoms with Crippen molar-refractivity contribution in [3.63, 3.8) is 0 Å². The summed E-state index contributed by atoms with van der Waals surface area (Å²) in [6.45, 7) is 1.40. The van der Waals surface area contributed by atoms with Gasteiger partial charge in [-0.2, -0.15) is 12.8 Å². The molecule has 3 aromatic carbocycles. The number of halogens is 1. The van der Waals surface area contributed by atoms with Crippen LogP contribution in [0.15, 0.2) is 93.9 Å². The lowest BCUT2D eigenvalue weighted by atomic mass is 9.92. The molecule has 2 N–H and O–H groups in total. The largest absolute Gasteiger partial charge is 0.352 e. The first-order valence-corrected chi connectivity index (χ1v) is 11.3. The lowest BCUT2D eigenvalue weighted by Gasteiger charge is -2.19. The van der Waals surface area contributed by atoms with Crippen molar-refractivity contribution in [3.05, 3.63) is 102 Å². The lowest BCUT2D eigenvalue weighted by molar-refractivity contribution is -0.114. The van der Waals surface area contributed by atoms with Gasteiger partial charge in [0.25, 0.3) is 10.0 Å². The highest BCUT2D eigenvalue weighted by atomic mass is 32.2. The Kier molecular flexibility index (Phi) is 5.89. The third-order valence-electron chi connectivity index (χ3n) is 4.79. The molecule has 4 rings (SSSR count). The van der Waals surface area contributed by atoms with Crippen molar-refractivity contribution in [3.8, 4) is 0 Å². The number of carbonyl (C=O) groups excluding carboxylic acids is 2. The summed E-state index contributed by atoms with van der Waals surface area (Å²) in [6, 6.07) is 17.6. The lowest BCUT2D eigenvalue weighted by Crippen LogP contribution is -2.22. The number of amides is 1. The van der Waals surface area contributed by atoms with Gasteiger partial charge in [0.2, 0.25) is 11.7 Å². The molecule has 0 heterocycles. The predicted octanol–water partition coefficient (Wildman–Crippen LogP) is 4.15. The van der Waals surface area contributed by atoms with Crippen molar-refractivity contribution in [2.45, 2.75) is 11.8 Å². The second kappa shape index (κ2) is 8.79. The second-order valence-electron chi connectivity index (χ2n) is 7.22. The van der Waals surface area contributed by atoms with Crippen LogP contribution in [0, 0.1) is 5.82 Å². The van der Waals surface area contributed by atoms with Crippen molar-refractivity contribution >= 4 is 38.8 Å². The van der Waals surface area contributed by atoms with Gasteiger partial charge >= 0.3 is 0 Å². The van der Waals surface area contributed by atoms with E-state index in [1.165, 1.54) is 13.0 Å². The van der Waals surface area contributed by atoms with Gasteiger partial charge in [-0.25, -0.2) is 4.39 Å². The van der Waals surface area contributed by atoms with E-state index in [1.807, 2.05) is 0 Å². The Morgan fingerprint density at radius 2 is 1.48 bits per heavy atom. The van der Waals surface area contributed by atoms with E-state index < -0.39 is 15.8 Å².